The first-order chi connectivity index (χ1) is 4.68. The van der Waals surface area contributed by atoms with Crippen molar-refractivity contribution in [2.24, 2.45) is 5.73 Å². The first-order valence-electron chi connectivity index (χ1n) is 4.47. The van der Waals surface area contributed by atoms with Gasteiger partial charge in [0, 0.05) is 5.54 Å². The third kappa shape index (κ3) is 5.22. The van der Waals surface area contributed by atoms with Gasteiger partial charge in [-0.05, 0) is 19.3 Å². The van der Waals surface area contributed by atoms with Crippen molar-refractivity contribution in [3.8, 4) is 0 Å². The minimum Gasteiger partial charge on any atom is -0.344 e. The summed E-state index contributed by atoms with van der Waals surface area (Å²) in [5.74, 6) is 0. The van der Waals surface area contributed by atoms with Crippen LogP contribution < -0.4 is 11.9 Å². The van der Waals surface area contributed by atoms with Crippen LogP contribution in [0.4, 0.5) is 0 Å². The van der Waals surface area contributed by atoms with E-state index < -0.39 is 0 Å². The Labute approximate surface area is 71.1 Å². The molecule has 0 bridgehead atoms. The molecule has 0 aliphatic carbocycles. The van der Waals surface area contributed by atoms with Crippen molar-refractivity contribution < 1.29 is 0 Å². The van der Waals surface area contributed by atoms with Crippen molar-refractivity contribution in [1.82, 2.24) is 6.15 Å². The Morgan fingerprint density at radius 3 is 1.55 bits per heavy atom. The van der Waals surface area contributed by atoms with Gasteiger partial charge in [0.2, 0.25) is 0 Å². The van der Waals surface area contributed by atoms with E-state index in [4.69, 9.17) is 5.73 Å². The molecule has 11 heavy (non-hydrogen) atoms. The summed E-state index contributed by atoms with van der Waals surface area (Å²) in [5, 5.41) is 0. The molecule has 0 saturated heterocycles. The molecular weight excluding hydrogens is 136 g/mol. The van der Waals surface area contributed by atoms with Crippen molar-refractivity contribution in [2.45, 2.75) is 58.4 Å². The quantitative estimate of drug-likeness (QED) is 0.649. The van der Waals surface area contributed by atoms with E-state index in [0.29, 0.717) is 0 Å². The van der Waals surface area contributed by atoms with Crippen molar-refractivity contribution in [3.05, 3.63) is 0 Å². The van der Waals surface area contributed by atoms with Crippen LogP contribution in [-0.2, 0) is 0 Å². The number of hydrogen-bond acceptors (Lipinski definition) is 2. The van der Waals surface area contributed by atoms with Crippen molar-refractivity contribution in [2.75, 3.05) is 0 Å². The minimum absolute atomic E-state index is 0. The first kappa shape index (κ1) is 13.5. The maximum Gasteiger partial charge on any atom is 0.0151 e. The molecule has 0 unspecified atom stereocenters. The van der Waals surface area contributed by atoms with E-state index in [1.165, 1.54) is 25.7 Å². The second-order valence-corrected chi connectivity index (χ2v) is 3.22. The van der Waals surface area contributed by atoms with Crippen LogP contribution in [0.25, 0.3) is 0 Å². The van der Waals surface area contributed by atoms with Crippen LogP contribution >= 0.6 is 0 Å². The van der Waals surface area contributed by atoms with Gasteiger partial charge in [-0.2, -0.15) is 0 Å². The van der Waals surface area contributed by atoms with Crippen molar-refractivity contribution in [3.63, 3.8) is 0 Å². The summed E-state index contributed by atoms with van der Waals surface area (Å²) in [4.78, 5) is 0. The molecule has 0 spiro atoms. The van der Waals surface area contributed by atoms with Gasteiger partial charge in [-0.3, -0.25) is 0 Å². The predicted octanol–water partition coefficient (Wildman–Crippen LogP) is 2.86. The fraction of sp³-hybridized carbons (Fsp3) is 1.00. The largest absolute Gasteiger partial charge is 0.344 e. The second-order valence-electron chi connectivity index (χ2n) is 3.22. The van der Waals surface area contributed by atoms with Gasteiger partial charge in [0.05, 0.1) is 0 Å². The van der Waals surface area contributed by atoms with Gasteiger partial charge in [-0.1, -0.05) is 33.6 Å². The Morgan fingerprint density at radius 2 is 1.36 bits per heavy atom. The van der Waals surface area contributed by atoms with Gasteiger partial charge >= 0.3 is 0 Å². The SMILES string of the molecule is CCCC(N)(CC)CCC.N. The monoisotopic (exact) mass is 160 g/mol. The van der Waals surface area contributed by atoms with E-state index in [0.717, 1.165) is 6.42 Å². The molecule has 0 saturated carbocycles. The molecule has 0 aliphatic heterocycles. The lowest BCUT2D eigenvalue weighted by atomic mass is 9.87. The standard InChI is InChI=1S/C9H21N.H3N/c1-4-7-9(10,6-3)8-5-2;/h4-8,10H2,1-3H3;1H3. The molecule has 0 aliphatic rings. The highest BCUT2D eigenvalue weighted by molar-refractivity contribution is 4.80. The van der Waals surface area contributed by atoms with Crippen LogP contribution in [0, 0.1) is 0 Å². The highest BCUT2D eigenvalue weighted by atomic mass is 14.7. The summed E-state index contributed by atoms with van der Waals surface area (Å²) in [7, 11) is 0. The average Bonchev–Trinajstić information content (AvgIpc) is 1.89. The lowest BCUT2D eigenvalue weighted by Crippen LogP contribution is -2.38. The molecule has 0 amide bonds. The second kappa shape index (κ2) is 6.62. The Hall–Kier alpha value is -0.0800. The molecule has 0 atom stereocenters. The van der Waals surface area contributed by atoms with E-state index in [-0.39, 0.29) is 11.7 Å². The van der Waals surface area contributed by atoms with Gasteiger partial charge in [-0.25, -0.2) is 0 Å². The van der Waals surface area contributed by atoms with Crippen LogP contribution in [0.3, 0.4) is 0 Å². The predicted molar refractivity (Wildman–Crippen MR) is 52.0 cm³/mol. The highest BCUT2D eigenvalue weighted by Crippen LogP contribution is 2.19. The molecule has 0 rings (SSSR count). The molecule has 2 nitrogen and oxygen atoms in total. The molecule has 0 aromatic carbocycles. The maximum absolute atomic E-state index is 6.12. The molecule has 0 fully saturated rings. The zero-order valence-electron chi connectivity index (χ0n) is 8.32. The summed E-state index contributed by atoms with van der Waals surface area (Å²) >= 11 is 0. The van der Waals surface area contributed by atoms with Crippen LogP contribution in [0.1, 0.15) is 52.9 Å². The summed E-state index contributed by atoms with van der Waals surface area (Å²) in [6.45, 7) is 6.59. The van der Waals surface area contributed by atoms with E-state index in [1.807, 2.05) is 0 Å². The van der Waals surface area contributed by atoms with Crippen LogP contribution in [0.5, 0.6) is 0 Å². The van der Waals surface area contributed by atoms with Crippen LogP contribution in [0.15, 0.2) is 0 Å². The number of hydrogen-bond donors (Lipinski definition) is 2. The smallest absolute Gasteiger partial charge is 0.0151 e. The van der Waals surface area contributed by atoms with Crippen molar-refractivity contribution >= 4 is 0 Å². The Kier molecular flexibility index (Phi) is 8.13. The molecule has 0 heterocycles. The normalized spacial score (nSPS) is 10.9. The maximum atomic E-state index is 6.12. The third-order valence-electron chi connectivity index (χ3n) is 2.20. The number of nitrogens with two attached hydrogens (primary N) is 1. The van der Waals surface area contributed by atoms with E-state index in [9.17, 15) is 0 Å². The van der Waals surface area contributed by atoms with Crippen LogP contribution in [-0.4, -0.2) is 5.54 Å². The Balaban J connectivity index is 0. The van der Waals surface area contributed by atoms with Gasteiger partial charge in [0.15, 0.2) is 0 Å². The summed E-state index contributed by atoms with van der Waals surface area (Å²) in [6, 6.07) is 0. The fourth-order valence-corrected chi connectivity index (χ4v) is 1.47. The summed E-state index contributed by atoms with van der Waals surface area (Å²) in [6.07, 6.45) is 5.90. The lowest BCUT2D eigenvalue weighted by molar-refractivity contribution is 0.346. The average molecular weight is 160 g/mol. The molecular formula is C9H24N2. The van der Waals surface area contributed by atoms with E-state index >= 15 is 0 Å². The molecule has 0 radical (unpaired) electrons. The molecule has 0 aromatic heterocycles. The molecule has 70 valence electrons. The molecule has 2 heteroatoms. The molecule has 5 N–H and O–H groups in total. The third-order valence-corrected chi connectivity index (χ3v) is 2.20. The highest BCUT2D eigenvalue weighted by Gasteiger charge is 2.19. The Morgan fingerprint density at radius 1 is 1.00 bits per heavy atom. The Bertz CT molecular complexity index is 75.6. The zero-order chi connectivity index (χ0) is 8.04. The van der Waals surface area contributed by atoms with E-state index in [2.05, 4.69) is 20.8 Å². The minimum atomic E-state index is 0. The van der Waals surface area contributed by atoms with Gasteiger partial charge in [0.25, 0.3) is 0 Å². The zero-order valence-corrected chi connectivity index (χ0v) is 8.32. The molecule has 0 aromatic rings. The van der Waals surface area contributed by atoms with E-state index in [1.54, 1.807) is 0 Å². The van der Waals surface area contributed by atoms with Gasteiger partial charge < -0.3 is 11.9 Å². The topological polar surface area (TPSA) is 61.0 Å². The first-order valence-corrected chi connectivity index (χ1v) is 4.47. The van der Waals surface area contributed by atoms with Gasteiger partial charge in [-0.15, -0.1) is 0 Å². The summed E-state index contributed by atoms with van der Waals surface area (Å²) in [5.41, 5.74) is 6.26. The fourth-order valence-electron chi connectivity index (χ4n) is 1.47. The lowest BCUT2D eigenvalue weighted by Gasteiger charge is -2.27. The van der Waals surface area contributed by atoms with Crippen molar-refractivity contribution in [1.29, 1.82) is 0 Å². The summed E-state index contributed by atoms with van der Waals surface area (Å²) < 4.78 is 0. The van der Waals surface area contributed by atoms with Crippen LogP contribution in [0.2, 0.25) is 0 Å². The van der Waals surface area contributed by atoms with Gasteiger partial charge in [0.1, 0.15) is 0 Å². The number of rotatable bonds is 5.